The standard InChI is InChI=1S/C33H42NO6P/c1-21(2)11-25(31(35)36)19-41(38,40-33-15-22-12-23(16-33)14-24(13-22)17-33)20-34-32(37)39-18-30-28-9-5-3-7-26(28)27-8-4-6-10-29(27)30/h3-10,21-25,30H,11-20H2,1-2H3,(H,34,37)(H,35,36)/t22?,23?,24?,25-,33?,41-/m0/s1. The minimum absolute atomic E-state index is 0.0775. The van der Waals surface area contributed by atoms with Gasteiger partial charge in [-0.15, -0.1) is 0 Å². The first-order chi connectivity index (χ1) is 19.6. The lowest BCUT2D eigenvalue weighted by atomic mass is 9.54. The number of carboxylic acids is 1. The number of carbonyl (C=O) groups excluding carboxylic acids is 1. The molecule has 1 amide bonds. The van der Waals surface area contributed by atoms with E-state index in [0.29, 0.717) is 24.2 Å². The Morgan fingerprint density at radius 2 is 1.49 bits per heavy atom. The van der Waals surface area contributed by atoms with Crippen LogP contribution in [0.25, 0.3) is 11.1 Å². The van der Waals surface area contributed by atoms with Gasteiger partial charge in [0.1, 0.15) is 6.61 Å². The van der Waals surface area contributed by atoms with Gasteiger partial charge in [-0.1, -0.05) is 62.4 Å². The Morgan fingerprint density at radius 1 is 0.951 bits per heavy atom. The molecule has 4 bridgehead atoms. The van der Waals surface area contributed by atoms with Crippen molar-refractivity contribution in [3.05, 3.63) is 59.7 Å². The molecule has 2 atom stereocenters. The van der Waals surface area contributed by atoms with Crippen molar-refractivity contribution >= 4 is 19.4 Å². The molecule has 7 nitrogen and oxygen atoms in total. The van der Waals surface area contributed by atoms with Crippen LogP contribution in [-0.4, -0.2) is 41.8 Å². The zero-order valence-electron chi connectivity index (χ0n) is 24.1. The van der Waals surface area contributed by atoms with E-state index in [1.54, 1.807) is 0 Å². The number of alkyl carbamates (subject to hydrolysis) is 1. The molecule has 5 aliphatic carbocycles. The molecule has 5 aliphatic rings. The van der Waals surface area contributed by atoms with Crippen molar-refractivity contribution in [2.75, 3.05) is 19.1 Å². The molecule has 0 aliphatic heterocycles. The number of amides is 1. The van der Waals surface area contributed by atoms with Crippen LogP contribution in [-0.2, 0) is 18.6 Å². The Balaban J connectivity index is 1.15. The lowest BCUT2D eigenvalue weighted by molar-refractivity contribution is -0.141. The maximum Gasteiger partial charge on any atom is 0.407 e. The van der Waals surface area contributed by atoms with Gasteiger partial charge in [0.25, 0.3) is 0 Å². The lowest BCUT2D eigenvalue weighted by Crippen LogP contribution is -2.52. The summed E-state index contributed by atoms with van der Waals surface area (Å²) in [6.45, 7) is 4.09. The maximum atomic E-state index is 14.5. The SMILES string of the molecule is CC(C)C[C@@H](C[P@@](=O)(CNC(=O)OCC1c2ccccc2-c2ccccc21)OC12CC3CC(CC(C3)C1)C2)C(=O)O. The quantitative estimate of drug-likeness (QED) is 0.268. The molecule has 0 heterocycles. The number of aliphatic carboxylic acids is 1. The molecule has 0 unspecified atom stereocenters. The lowest BCUT2D eigenvalue weighted by Gasteiger charge is -2.56. The second-order valence-electron chi connectivity index (χ2n) is 13.5. The number of benzene rings is 2. The van der Waals surface area contributed by atoms with Crippen molar-refractivity contribution in [3.8, 4) is 11.1 Å². The van der Waals surface area contributed by atoms with Gasteiger partial charge < -0.3 is 19.7 Å². The highest BCUT2D eigenvalue weighted by Gasteiger charge is 2.54. The Kier molecular flexibility index (Phi) is 7.80. The summed E-state index contributed by atoms with van der Waals surface area (Å²) in [5, 5.41) is 12.7. The third-order valence-corrected chi connectivity index (χ3v) is 12.1. The van der Waals surface area contributed by atoms with Gasteiger partial charge in [0.15, 0.2) is 0 Å². The molecular weight excluding hydrogens is 537 g/mol. The fourth-order valence-electron chi connectivity index (χ4n) is 8.62. The summed E-state index contributed by atoms with van der Waals surface area (Å²) in [5.74, 6) is 0.0836. The monoisotopic (exact) mass is 579 g/mol. The number of ether oxygens (including phenoxy) is 1. The summed E-state index contributed by atoms with van der Waals surface area (Å²) in [5.41, 5.74) is 4.07. The number of rotatable bonds is 11. The van der Waals surface area contributed by atoms with Gasteiger partial charge in [-0.3, -0.25) is 9.36 Å². The van der Waals surface area contributed by atoms with Gasteiger partial charge in [0.2, 0.25) is 7.37 Å². The van der Waals surface area contributed by atoms with Gasteiger partial charge >= 0.3 is 12.1 Å². The van der Waals surface area contributed by atoms with E-state index in [2.05, 4.69) is 29.6 Å². The van der Waals surface area contributed by atoms with E-state index in [1.807, 2.05) is 38.1 Å². The van der Waals surface area contributed by atoms with E-state index in [4.69, 9.17) is 9.26 Å². The fourth-order valence-corrected chi connectivity index (χ4v) is 11.2. The van der Waals surface area contributed by atoms with Crippen LogP contribution in [0.15, 0.2) is 48.5 Å². The molecule has 2 aromatic rings. The van der Waals surface area contributed by atoms with Crippen LogP contribution >= 0.6 is 7.37 Å². The summed E-state index contributed by atoms with van der Waals surface area (Å²) < 4.78 is 26.9. The summed E-state index contributed by atoms with van der Waals surface area (Å²) in [6.07, 6.45) is 5.77. The number of fused-ring (bicyclic) bond motifs is 3. The van der Waals surface area contributed by atoms with Crippen LogP contribution in [0.4, 0.5) is 4.79 Å². The van der Waals surface area contributed by atoms with Gasteiger partial charge in [-0.25, -0.2) is 4.79 Å². The second kappa shape index (κ2) is 11.2. The number of carbonyl (C=O) groups is 2. The highest BCUT2D eigenvalue weighted by atomic mass is 31.2. The predicted octanol–water partition coefficient (Wildman–Crippen LogP) is 7.49. The average molecular weight is 580 g/mol. The molecule has 0 radical (unpaired) electrons. The Labute approximate surface area is 242 Å². The summed E-state index contributed by atoms with van der Waals surface area (Å²) >= 11 is 0. The third kappa shape index (κ3) is 5.99. The summed E-state index contributed by atoms with van der Waals surface area (Å²) in [7, 11) is -3.54. The zero-order chi connectivity index (χ0) is 28.8. The number of hydrogen-bond acceptors (Lipinski definition) is 5. The van der Waals surface area contributed by atoms with E-state index < -0.39 is 31.0 Å². The molecule has 4 fully saturated rings. The van der Waals surface area contributed by atoms with E-state index in [1.165, 1.54) is 19.3 Å². The van der Waals surface area contributed by atoms with E-state index in [-0.39, 0.29) is 30.9 Å². The molecule has 2 aromatic carbocycles. The van der Waals surface area contributed by atoms with E-state index in [9.17, 15) is 19.3 Å². The molecule has 8 heteroatoms. The molecule has 4 saturated carbocycles. The molecule has 0 aromatic heterocycles. The highest BCUT2D eigenvalue weighted by molar-refractivity contribution is 7.59. The second-order valence-corrected chi connectivity index (χ2v) is 16.0. The molecule has 7 rings (SSSR count). The molecule has 0 saturated heterocycles. The molecule has 220 valence electrons. The largest absolute Gasteiger partial charge is 0.481 e. The Hall–Kier alpha value is -2.63. The molecule has 41 heavy (non-hydrogen) atoms. The van der Waals surface area contributed by atoms with E-state index in [0.717, 1.165) is 41.5 Å². The van der Waals surface area contributed by atoms with Gasteiger partial charge in [0.05, 0.1) is 17.8 Å². The molecule has 2 N–H and O–H groups in total. The molecular formula is C33H42NO6P. The first-order valence-corrected chi connectivity index (χ1v) is 17.2. The number of carboxylic acid groups (broad SMARTS) is 1. The summed E-state index contributed by atoms with van der Waals surface area (Å²) in [6, 6.07) is 16.3. The minimum atomic E-state index is -3.54. The minimum Gasteiger partial charge on any atom is -0.481 e. The van der Waals surface area contributed by atoms with Crippen molar-refractivity contribution in [1.29, 1.82) is 0 Å². The summed E-state index contributed by atoms with van der Waals surface area (Å²) in [4.78, 5) is 25.2. The third-order valence-electron chi connectivity index (χ3n) is 9.75. The Morgan fingerprint density at radius 3 is 2.00 bits per heavy atom. The van der Waals surface area contributed by atoms with Crippen molar-refractivity contribution in [2.24, 2.45) is 29.6 Å². The van der Waals surface area contributed by atoms with Crippen LogP contribution in [0.2, 0.25) is 0 Å². The maximum absolute atomic E-state index is 14.5. The van der Waals surface area contributed by atoms with Crippen LogP contribution < -0.4 is 5.32 Å². The molecule has 0 spiro atoms. The predicted molar refractivity (Wildman–Crippen MR) is 158 cm³/mol. The van der Waals surface area contributed by atoms with Crippen molar-refractivity contribution in [2.45, 2.75) is 70.3 Å². The van der Waals surface area contributed by atoms with E-state index >= 15 is 0 Å². The first kappa shape index (κ1) is 28.5. The van der Waals surface area contributed by atoms with Crippen LogP contribution in [0.1, 0.15) is 75.8 Å². The van der Waals surface area contributed by atoms with Crippen molar-refractivity contribution in [1.82, 2.24) is 5.32 Å². The Bertz CT molecular complexity index is 1270. The normalized spacial score (nSPS) is 28.1. The first-order valence-electron chi connectivity index (χ1n) is 15.2. The smallest absolute Gasteiger partial charge is 0.407 e. The van der Waals surface area contributed by atoms with Gasteiger partial charge in [0, 0.05) is 12.1 Å². The van der Waals surface area contributed by atoms with Crippen molar-refractivity contribution in [3.63, 3.8) is 0 Å². The number of nitrogens with one attached hydrogen (secondary N) is 1. The highest BCUT2D eigenvalue weighted by Crippen LogP contribution is 2.63. The van der Waals surface area contributed by atoms with Crippen molar-refractivity contribution < 1.29 is 28.5 Å². The fraction of sp³-hybridized carbons (Fsp3) is 0.576. The van der Waals surface area contributed by atoms with Crippen LogP contribution in [0, 0.1) is 29.6 Å². The van der Waals surface area contributed by atoms with Gasteiger partial charge in [-0.05, 0) is 90.9 Å². The zero-order valence-corrected chi connectivity index (χ0v) is 25.0. The van der Waals surface area contributed by atoms with Gasteiger partial charge in [-0.2, -0.15) is 0 Å². The topological polar surface area (TPSA) is 102 Å². The van der Waals surface area contributed by atoms with Crippen LogP contribution in [0.5, 0.6) is 0 Å². The average Bonchev–Trinajstić information content (AvgIpc) is 3.23. The number of hydrogen-bond donors (Lipinski definition) is 2. The van der Waals surface area contributed by atoms with Crippen LogP contribution in [0.3, 0.4) is 0 Å².